The fraction of sp³-hybridized carbons (Fsp3) is 0.222. The van der Waals surface area contributed by atoms with E-state index < -0.39 is 18.4 Å². The van der Waals surface area contributed by atoms with Crippen molar-refractivity contribution in [1.82, 2.24) is 0 Å². The van der Waals surface area contributed by atoms with Gasteiger partial charge in [-0.1, -0.05) is 0 Å². The van der Waals surface area contributed by atoms with Crippen molar-refractivity contribution in [3.8, 4) is 0 Å². The van der Waals surface area contributed by atoms with Crippen LogP contribution in [0.15, 0.2) is 130 Å². The van der Waals surface area contributed by atoms with E-state index in [0.29, 0.717) is 0 Å². The standard InChI is InChI=1S/2C10H13.2C8H7.Sn/c2*1-10(2,3)9-7-5-4-6-8-9;2*1-2-8-6-4-3-5-7-8;/h2*4-8H,1H2,2-3H3;2*1-7H;. The van der Waals surface area contributed by atoms with E-state index >= 15 is 0 Å². The molecule has 0 atom stereocenters. The summed E-state index contributed by atoms with van der Waals surface area (Å²) in [6.07, 6.45) is 4.82. The van der Waals surface area contributed by atoms with E-state index in [1.165, 1.54) is 31.1 Å². The van der Waals surface area contributed by atoms with E-state index in [0.717, 1.165) is 0 Å². The van der Waals surface area contributed by atoms with Crippen molar-refractivity contribution in [3.05, 3.63) is 152 Å². The second-order valence-corrected chi connectivity index (χ2v) is 22.5. The quantitative estimate of drug-likeness (QED) is 0.161. The summed E-state index contributed by atoms with van der Waals surface area (Å²) in [5.74, 6) is 0. The molecule has 0 amide bonds. The van der Waals surface area contributed by atoms with Crippen molar-refractivity contribution in [3.63, 3.8) is 0 Å². The van der Waals surface area contributed by atoms with Crippen molar-refractivity contribution >= 4 is 30.5 Å². The monoisotopic (exact) mass is 592 g/mol. The molecule has 0 aromatic heterocycles. The average molecular weight is 591 g/mol. The van der Waals surface area contributed by atoms with Gasteiger partial charge in [-0.2, -0.15) is 0 Å². The Bertz CT molecular complexity index is 1180. The molecular formula is C36H40Sn. The molecule has 0 spiro atoms. The molecule has 4 aromatic carbocycles. The molecular weight excluding hydrogens is 551 g/mol. The third-order valence-corrected chi connectivity index (χ3v) is 21.0. The van der Waals surface area contributed by atoms with Crippen LogP contribution in [0.4, 0.5) is 0 Å². The molecule has 0 fully saturated rings. The Labute approximate surface area is 228 Å². The Kier molecular flexibility index (Phi) is 8.92. The fourth-order valence-electron chi connectivity index (χ4n) is 5.63. The van der Waals surface area contributed by atoms with Gasteiger partial charge in [0.1, 0.15) is 0 Å². The zero-order valence-electron chi connectivity index (χ0n) is 22.8. The molecule has 0 saturated heterocycles. The van der Waals surface area contributed by atoms with Gasteiger partial charge in [-0.25, -0.2) is 0 Å². The van der Waals surface area contributed by atoms with Gasteiger partial charge < -0.3 is 0 Å². The van der Waals surface area contributed by atoms with Crippen LogP contribution in [0.25, 0.3) is 12.2 Å². The van der Waals surface area contributed by atoms with Gasteiger partial charge >= 0.3 is 230 Å². The molecule has 0 aliphatic rings. The molecule has 0 N–H and O–H groups in total. The first kappa shape index (κ1) is 27.2. The van der Waals surface area contributed by atoms with Crippen LogP contribution in [0.2, 0.25) is 8.87 Å². The van der Waals surface area contributed by atoms with Crippen LogP contribution in [0, 0.1) is 0 Å². The third kappa shape index (κ3) is 7.58. The molecule has 0 nitrogen and oxygen atoms in total. The van der Waals surface area contributed by atoms with E-state index in [1.54, 1.807) is 0 Å². The number of rotatable bonds is 10. The van der Waals surface area contributed by atoms with E-state index in [4.69, 9.17) is 0 Å². The predicted octanol–water partition coefficient (Wildman–Crippen LogP) is 9.90. The van der Waals surface area contributed by atoms with Crippen LogP contribution in [-0.2, 0) is 10.8 Å². The van der Waals surface area contributed by atoms with Gasteiger partial charge in [0, 0.05) is 0 Å². The topological polar surface area (TPSA) is 0 Å². The Morgan fingerprint density at radius 3 is 1.08 bits per heavy atom. The second-order valence-electron chi connectivity index (χ2n) is 11.6. The fourth-order valence-corrected chi connectivity index (χ4v) is 21.2. The van der Waals surface area contributed by atoms with Crippen LogP contribution in [0.3, 0.4) is 0 Å². The van der Waals surface area contributed by atoms with Gasteiger partial charge in [-0.3, -0.25) is 0 Å². The molecule has 0 heterocycles. The Hall–Kier alpha value is -2.84. The van der Waals surface area contributed by atoms with E-state index in [9.17, 15) is 0 Å². The molecule has 4 aromatic rings. The van der Waals surface area contributed by atoms with Gasteiger partial charge in [0.15, 0.2) is 0 Å². The van der Waals surface area contributed by atoms with Crippen LogP contribution in [0.1, 0.15) is 49.9 Å². The summed E-state index contributed by atoms with van der Waals surface area (Å²) in [6.45, 7) is 9.76. The van der Waals surface area contributed by atoms with Gasteiger partial charge in [0.2, 0.25) is 0 Å². The maximum atomic E-state index is 2.68. The summed E-state index contributed by atoms with van der Waals surface area (Å²) in [7, 11) is 0. The molecule has 188 valence electrons. The Morgan fingerprint density at radius 2 is 0.757 bits per heavy atom. The Balaban J connectivity index is 1.84. The number of hydrogen-bond donors (Lipinski definition) is 0. The van der Waals surface area contributed by atoms with Gasteiger partial charge in [0.25, 0.3) is 0 Å². The van der Waals surface area contributed by atoms with Gasteiger partial charge in [-0.15, -0.1) is 0 Å². The normalized spacial score (nSPS) is 12.9. The van der Waals surface area contributed by atoms with Crippen LogP contribution >= 0.6 is 0 Å². The van der Waals surface area contributed by atoms with E-state index in [2.05, 4.69) is 169 Å². The summed E-state index contributed by atoms with van der Waals surface area (Å²) in [4.78, 5) is 0. The summed E-state index contributed by atoms with van der Waals surface area (Å²) in [5, 5.41) is 0. The van der Waals surface area contributed by atoms with Crippen molar-refractivity contribution < 1.29 is 0 Å². The van der Waals surface area contributed by atoms with Crippen LogP contribution in [-0.4, -0.2) is 18.4 Å². The van der Waals surface area contributed by atoms with Gasteiger partial charge in [-0.05, 0) is 0 Å². The van der Waals surface area contributed by atoms with Crippen molar-refractivity contribution in [2.75, 3.05) is 0 Å². The first-order valence-corrected chi connectivity index (χ1v) is 20.7. The van der Waals surface area contributed by atoms with Crippen LogP contribution in [0.5, 0.6) is 0 Å². The molecule has 0 bridgehead atoms. The molecule has 4 rings (SSSR count). The average Bonchev–Trinajstić information content (AvgIpc) is 2.93. The molecule has 0 unspecified atom stereocenters. The minimum atomic E-state index is -3.17. The molecule has 37 heavy (non-hydrogen) atoms. The van der Waals surface area contributed by atoms with Crippen molar-refractivity contribution in [1.29, 1.82) is 0 Å². The number of hydrogen-bond acceptors (Lipinski definition) is 0. The van der Waals surface area contributed by atoms with Crippen LogP contribution < -0.4 is 0 Å². The predicted molar refractivity (Wildman–Crippen MR) is 165 cm³/mol. The molecule has 0 radical (unpaired) electrons. The minimum absolute atomic E-state index is 0.0756. The molecule has 0 aliphatic heterocycles. The summed E-state index contributed by atoms with van der Waals surface area (Å²) < 4.78 is 7.76. The second kappa shape index (κ2) is 12.1. The third-order valence-electron chi connectivity index (χ3n) is 7.47. The van der Waals surface area contributed by atoms with Crippen molar-refractivity contribution in [2.24, 2.45) is 0 Å². The molecule has 0 saturated carbocycles. The first-order valence-electron chi connectivity index (χ1n) is 13.4. The van der Waals surface area contributed by atoms with Crippen molar-refractivity contribution in [2.45, 2.75) is 47.4 Å². The maximum absolute atomic E-state index is 3.17. The molecule has 0 aliphatic carbocycles. The Morgan fingerprint density at radius 1 is 0.459 bits per heavy atom. The van der Waals surface area contributed by atoms with Gasteiger partial charge in [0.05, 0.1) is 0 Å². The molecule has 1 heteroatoms. The first-order chi connectivity index (χ1) is 17.8. The SMILES string of the molecule is CC(C)([CH2][Sn](/[CH]=C\c1ccccc1)(/[CH]=C\c1ccccc1)[CH2]C(C)(C)c1ccccc1)c1ccccc1. The summed E-state index contributed by atoms with van der Waals surface area (Å²) in [6, 6.07) is 43.8. The van der Waals surface area contributed by atoms with E-state index in [1.807, 2.05) is 0 Å². The zero-order valence-corrected chi connectivity index (χ0v) is 25.6. The summed E-state index contributed by atoms with van der Waals surface area (Å²) in [5.41, 5.74) is 5.57. The number of benzene rings is 4. The summed E-state index contributed by atoms with van der Waals surface area (Å²) >= 11 is -3.17. The van der Waals surface area contributed by atoms with E-state index in [-0.39, 0.29) is 10.8 Å². The zero-order chi connectivity index (χ0) is 26.2.